The molecule has 2 rings (SSSR count). The van der Waals surface area contributed by atoms with Crippen molar-refractivity contribution in [2.24, 2.45) is 0 Å². The molecule has 0 bridgehead atoms. The van der Waals surface area contributed by atoms with E-state index in [4.69, 9.17) is 9.47 Å². The van der Waals surface area contributed by atoms with Crippen molar-refractivity contribution < 1.29 is 14.6 Å². The van der Waals surface area contributed by atoms with E-state index < -0.39 is 0 Å². The lowest BCUT2D eigenvalue weighted by Crippen LogP contribution is -2.34. The number of ether oxygens (including phenoxy) is 2. The summed E-state index contributed by atoms with van der Waals surface area (Å²) in [5.41, 5.74) is 1.12. The Kier molecular flexibility index (Phi) is 5.88. The summed E-state index contributed by atoms with van der Waals surface area (Å²) in [4.78, 5) is 0. The number of aliphatic hydroxyl groups excluding tert-OH is 1. The molecule has 0 spiro atoms. The fourth-order valence-electron chi connectivity index (χ4n) is 2.76. The van der Waals surface area contributed by atoms with Gasteiger partial charge in [-0.05, 0) is 45.6 Å². The maximum absolute atomic E-state index is 9.56. The first-order chi connectivity index (χ1) is 10.1. The molecule has 0 aliphatic heterocycles. The van der Waals surface area contributed by atoms with Crippen molar-refractivity contribution in [3.8, 4) is 11.5 Å². The van der Waals surface area contributed by atoms with Gasteiger partial charge in [0.05, 0.1) is 19.3 Å². The van der Waals surface area contributed by atoms with Crippen molar-refractivity contribution in [2.45, 2.75) is 64.3 Å². The Bertz CT molecular complexity index is 440. The topological polar surface area (TPSA) is 50.7 Å². The summed E-state index contributed by atoms with van der Waals surface area (Å²) in [5.74, 6) is 1.61. The number of rotatable bonds is 6. The number of nitrogens with one attached hydrogen (secondary N) is 1. The average Bonchev–Trinajstić information content (AvgIpc) is 2.47. The molecule has 1 aliphatic carbocycles. The van der Waals surface area contributed by atoms with Gasteiger partial charge in [0.25, 0.3) is 0 Å². The van der Waals surface area contributed by atoms with Crippen LogP contribution in [-0.4, -0.2) is 30.5 Å². The minimum Gasteiger partial charge on any atom is -0.493 e. The highest BCUT2D eigenvalue weighted by atomic mass is 16.5. The van der Waals surface area contributed by atoms with Crippen molar-refractivity contribution >= 4 is 0 Å². The fraction of sp³-hybridized carbons (Fsp3) is 0.647. The Labute approximate surface area is 127 Å². The zero-order valence-electron chi connectivity index (χ0n) is 13.3. The van der Waals surface area contributed by atoms with Gasteiger partial charge in [-0.3, -0.25) is 0 Å². The first-order valence-corrected chi connectivity index (χ1v) is 7.84. The summed E-state index contributed by atoms with van der Waals surface area (Å²) in [7, 11) is 1.67. The number of aliphatic hydroxyl groups is 1. The second kappa shape index (κ2) is 7.66. The smallest absolute Gasteiger partial charge is 0.166 e. The summed E-state index contributed by atoms with van der Waals surface area (Å²) in [6, 6.07) is 6.48. The number of hydrogen-bond acceptors (Lipinski definition) is 4. The van der Waals surface area contributed by atoms with E-state index in [0.29, 0.717) is 6.04 Å². The molecule has 1 fully saturated rings. The van der Waals surface area contributed by atoms with Crippen LogP contribution in [0.5, 0.6) is 11.5 Å². The highest BCUT2D eigenvalue weighted by molar-refractivity contribution is 5.46. The van der Waals surface area contributed by atoms with E-state index in [-0.39, 0.29) is 12.2 Å². The van der Waals surface area contributed by atoms with Crippen LogP contribution in [-0.2, 0) is 6.54 Å². The standard InChI is InChI=1S/C17H27NO3/c1-12(2)21-17-13(5-4-6-16(17)20-3)11-18-14-7-9-15(19)10-8-14/h4-6,12,14-15,18-19H,7-11H2,1-3H3. The average molecular weight is 293 g/mol. The molecule has 1 aliphatic rings. The first-order valence-electron chi connectivity index (χ1n) is 7.84. The predicted octanol–water partition coefficient (Wildman–Crippen LogP) is 2.88. The van der Waals surface area contributed by atoms with E-state index in [0.717, 1.165) is 49.3 Å². The summed E-state index contributed by atoms with van der Waals surface area (Å²) >= 11 is 0. The normalized spacial score (nSPS) is 22.3. The lowest BCUT2D eigenvalue weighted by molar-refractivity contribution is 0.116. The van der Waals surface area contributed by atoms with Crippen molar-refractivity contribution in [1.29, 1.82) is 0 Å². The molecule has 1 saturated carbocycles. The van der Waals surface area contributed by atoms with Crippen LogP contribution in [0.25, 0.3) is 0 Å². The van der Waals surface area contributed by atoms with Gasteiger partial charge in [0.2, 0.25) is 0 Å². The maximum Gasteiger partial charge on any atom is 0.166 e. The maximum atomic E-state index is 9.56. The van der Waals surface area contributed by atoms with E-state index in [1.165, 1.54) is 0 Å². The van der Waals surface area contributed by atoms with Gasteiger partial charge in [0, 0.05) is 18.2 Å². The van der Waals surface area contributed by atoms with E-state index in [9.17, 15) is 5.11 Å². The third-order valence-electron chi connectivity index (χ3n) is 3.91. The van der Waals surface area contributed by atoms with Crippen LogP contribution in [0.4, 0.5) is 0 Å². The minimum atomic E-state index is -0.111. The molecule has 1 aromatic rings. The summed E-state index contributed by atoms with van der Waals surface area (Å²) in [6.07, 6.45) is 3.86. The molecular formula is C17H27NO3. The minimum absolute atomic E-state index is 0.111. The molecule has 0 atom stereocenters. The largest absolute Gasteiger partial charge is 0.493 e. The van der Waals surface area contributed by atoms with E-state index in [1.807, 2.05) is 26.0 Å². The van der Waals surface area contributed by atoms with Crippen LogP contribution >= 0.6 is 0 Å². The summed E-state index contributed by atoms with van der Waals surface area (Å²) in [5, 5.41) is 13.1. The molecule has 1 aromatic carbocycles. The predicted molar refractivity (Wildman–Crippen MR) is 83.9 cm³/mol. The van der Waals surface area contributed by atoms with Crippen molar-refractivity contribution in [1.82, 2.24) is 5.32 Å². The van der Waals surface area contributed by atoms with E-state index in [2.05, 4.69) is 11.4 Å². The van der Waals surface area contributed by atoms with Gasteiger partial charge in [-0.25, -0.2) is 0 Å². The summed E-state index contributed by atoms with van der Waals surface area (Å²) in [6.45, 7) is 4.80. The van der Waals surface area contributed by atoms with Crippen LogP contribution in [0, 0.1) is 0 Å². The second-order valence-electron chi connectivity index (χ2n) is 6.00. The van der Waals surface area contributed by atoms with Crippen molar-refractivity contribution in [3.63, 3.8) is 0 Å². The highest BCUT2D eigenvalue weighted by Gasteiger charge is 2.20. The molecular weight excluding hydrogens is 266 g/mol. The van der Waals surface area contributed by atoms with Gasteiger partial charge in [-0.2, -0.15) is 0 Å². The molecule has 0 saturated heterocycles. The number of hydrogen-bond donors (Lipinski definition) is 2. The highest BCUT2D eigenvalue weighted by Crippen LogP contribution is 2.32. The Hall–Kier alpha value is -1.26. The molecule has 0 unspecified atom stereocenters. The lowest BCUT2D eigenvalue weighted by Gasteiger charge is -2.27. The fourth-order valence-corrected chi connectivity index (χ4v) is 2.76. The quantitative estimate of drug-likeness (QED) is 0.847. The molecule has 2 N–H and O–H groups in total. The van der Waals surface area contributed by atoms with Crippen LogP contribution in [0.15, 0.2) is 18.2 Å². The Morgan fingerprint density at radius 1 is 1.24 bits per heavy atom. The third-order valence-corrected chi connectivity index (χ3v) is 3.91. The van der Waals surface area contributed by atoms with E-state index in [1.54, 1.807) is 7.11 Å². The van der Waals surface area contributed by atoms with Gasteiger partial charge in [-0.15, -0.1) is 0 Å². The zero-order chi connectivity index (χ0) is 15.2. The van der Waals surface area contributed by atoms with Gasteiger partial charge >= 0.3 is 0 Å². The van der Waals surface area contributed by atoms with Gasteiger partial charge in [-0.1, -0.05) is 12.1 Å². The van der Waals surface area contributed by atoms with Crippen LogP contribution in [0.3, 0.4) is 0 Å². The van der Waals surface area contributed by atoms with Crippen molar-refractivity contribution in [3.05, 3.63) is 23.8 Å². The molecule has 0 radical (unpaired) electrons. The van der Waals surface area contributed by atoms with Gasteiger partial charge < -0.3 is 19.9 Å². The number of methoxy groups -OCH3 is 1. The molecule has 0 amide bonds. The van der Waals surface area contributed by atoms with Crippen molar-refractivity contribution in [2.75, 3.05) is 7.11 Å². The molecule has 4 heteroatoms. The van der Waals surface area contributed by atoms with Crippen LogP contribution in [0.2, 0.25) is 0 Å². The van der Waals surface area contributed by atoms with Crippen LogP contribution < -0.4 is 14.8 Å². The Morgan fingerprint density at radius 3 is 2.57 bits per heavy atom. The van der Waals surface area contributed by atoms with Gasteiger partial charge in [0.15, 0.2) is 11.5 Å². The molecule has 21 heavy (non-hydrogen) atoms. The number of para-hydroxylation sites is 1. The Balaban J connectivity index is 2.01. The monoisotopic (exact) mass is 293 g/mol. The second-order valence-corrected chi connectivity index (χ2v) is 6.00. The summed E-state index contributed by atoms with van der Waals surface area (Å²) < 4.78 is 11.3. The first kappa shape index (κ1) is 16.1. The zero-order valence-corrected chi connectivity index (χ0v) is 13.3. The third kappa shape index (κ3) is 4.61. The Morgan fingerprint density at radius 2 is 1.95 bits per heavy atom. The van der Waals surface area contributed by atoms with E-state index >= 15 is 0 Å². The van der Waals surface area contributed by atoms with Crippen LogP contribution in [0.1, 0.15) is 45.1 Å². The van der Waals surface area contributed by atoms with Gasteiger partial charge in [0.1, 0.15) is 0 Å². The molecule has 0 aromatic heterocycles. The lowest BCUT2D eigenvalue weighted by atomic mass is 9.93. The molecule has 0 heterocycles. The number of benzene rings is 1. The molecule has 118 valence electrons. The SMILES string of the molecule is COc1cccc(CNC2CCC(O)CC2)c1OC(C)C. The molecule has 4 nitrogen and oxygen atoms in total.